The highest BCUT2D eigenvalue weighted by atomic mass is 16.2. The predicted octanol–water partition coefficient (Wildman–Crippen LogP) is 1.92. The normalized spacial score (nSPS) is 18.7. The molecule has 1 aliphatic rings. The zero-order valence-corrected chi connectivity index (χ0v) is 11.8. The van der Waals surface area contributed by atoms with Gasteiger partial charge in [0.2, 0.25) is 5.91 Å². The molecule has 0 atom stereocenters. The molecule has 4 nitrogen and oxygen atoms in total. The van der Waals surface area contributed by atoms with E-state index in [2.05, 4.69) is 30.1 Å². The summed E-state index contributed by atoms with van der Waals surface area (Å²) in [5.74, 6) is -0.0677. The molecule has 1 saturated carbocycles. The summed E-state index contributed by atoms with van der Waals surface area (Å²) in [6.45, 7) is 5.70. The van der Waals surface area contributed by atoms with Gasteiger partial charge >= 0.3 is 0 Å². The summed E-state index contributed by atoms with van der Waals surface area (Å²) >= 11 is 0. The lowest BCUT2D eigenvalue weighted by Gasteiger charge is -2.29. The third-order valence-corrected chi connectivity index (χ3v) is 3.99. The Balaban J connectivity index is 2.42. The van der Waals surface area contributed by atoms with E-state index in [1.54, 1.807) is 0 Å². The molecule has 0 radical (unpaired) electrons. The molecule has 0 aliphatic heterocycles. The highest BCUT2D eigenvalue weighted by molar-refractivity contribution is 5.85. The van der Waals surface area contributed by atoms with Crippen LogP contribution in [0.2, 0.25) is 0 Å². The lowest BCUT2D eigenvalue weighted by molar-refractivity contribution is -0.129. The van der Waals surface area contributed by atoms with E-state index in [0.29, 0.717) is 12.6 Å². The largest absolute Gasteiger partial charge is 0.353 e. The Kier molecular flexibility index (Phi) is 5.61. The van der Waals surface area contributed by atoms with Gasteiger partial charge < -0.3 is 10.2 Å². The van der Waals surface area contributed by atoms with E-state index in [1.807, 2.05) is 7.05 Å². The van der Waals surface area contributed by atoms with E-state index in [9.17, 15) is 10.1 Å². The fourth-order valence-electron chi connectivity index (χ4n) is 2.32. The minimum atomic E-state index is -0.755. The van der Waals surface area contributed by atoms with Gasteiger partial charge in [-0.2, -0.15) is 5.26 Å². The van der Waals surface area contributed by atoms with Crippen molar-refractivity contribution in [2.75, 3.05) is 20.1 Å². The number of nitriles is 1. The molecule has 1 fully saturated rings. The Morgan fingerprint density at radius 1 is 1.39 bits per heavy atom. The fraction of sp³-hybridized carbons (Fsp3) is 0.857. The first kappa shape index (κ1) is 15.0. The second kappa shape index (κ2) is 6.75. The van der Waals surface area contributed by atoms with Crippen LogP contribution in [0.25, 0.3) is 0 Å². The van der Waals surface area contributed by atoms with Gasteiger partial charge in [0.05, 0.1) is 6.07 Å². The van der Waals surface area contributed by atoms with Gasteiger partial charge in [-0.15, -0.1) is 0 Å². The minimum absolute atomic E-state index is 0.0677. The number of hydrogen-bond donors (Lipinski definition) is 1. The zero-order valence-electron chi connectivity index (χ0n) is 11.8. The number of rotatable bonds is 5. The third kappa shape index (κ3) is 3.71. The molecule has 1 aliphatic carbocycles. The number of nitrogens with one attached hydrogen (secondary N) is 1. The molecule has 102 valence electrons. The number of likely N-dealkylation sites (N-methyl/N-ethyl adjacent to an activating group) is 1. The topological polar surface area (TPSA) is 56.1 Å². The molecule has 0 unspecified atom stereocenters. The summed E-state index contributed by atoms with van der Waals surface area (Å²) in [5.41, 5.74) is -0.755. The van der Waals surface area contributed by atoms with Gasteiger partial charge in [-0.25, -0.2) is 0 Å². The molecule has 0 bridgehead atoms. The van der Waals surface area contributed by atoms with E-state index in [0.717, 1.165) is 38.6 Å². The fourth-order valence-corrected chi connectivity index (χ4v) is 2.32. The molecule has 0 heterocycles. The molecule has 0 saturated heterocycles. The van der Waals surface area contributed by atoms with Crippen molar-refractivity contribution in [2.45, 2.75) is 52.0 Å². The Bertz CT molecular complexity index is 313. The standard InChI is InChI=1S/C14H25N3O/c1-12(2)17(3)10-9-16-13(18)14(11-15)7-5-4-6-8-14/h12H,4-10H2,1-3H3,(H,16,18). The highest BCUT2D eigenvalue weighted by Gasteiger charge is 2.39. The maximum atomic E-state index is 12.2. The van der Waals surface area contributed by atoms with Crippen molar-refractivity contribution >= 4 is 5.91 Å². The average molecular weight is 251 g/mol. The summed E-state index contributed by atoms with van der Waals surface area (Å²) < 4.78 is 0. The van der Waals surface area contributed by atoms with Gasteiger partial charge in [0.1, 0.15) is 5.41 Å². The lowest BCUT2D eigenvalue weighted by atomic mass is 9.74. The highest BCUT2D eigenvalue weighted by Crippen LogP contribution is 2.35. The van der Waals surface area contributed by atoms with Gasteiger partial charge in [0.15, 0.2) is 0 Å². The van der Waals surface area contributed by atoms with Crippen LogP contribution in [0.5, 0.6) is 0 Å². The molecule has 1 N–H and O–H groups in total. The van der Waals surface area contributed by atoms with Crippen LogP contribution >= 0.6 is 0 Å². The van der Waals surface area contributed by atoms with Crippen molar-refractivity contribution in [3.8, 4) is 6.07 Å². The molecule has 0 aromatic carbocycles. The average Bonchev–Trinajstić information content (AvgIpc) is 2.39. The molecular formula is C14H25N3O. The monoisotopic (exact) mass is 251 g/mol. The molecule has 0 aromatic rings. The SMILES string of the molecule is CC(C)N(C)CCNC(=O)C1(C#N)CCCCC1. The molecule has 1 amide bonds. The molecule has 0 spiro atoms. The van der Waals surface area contributed by atoms with Crippen molar-refractivity contribution < 1.29 is 4.79 Å². The molecule has 0 aromatic heterocycles. The zero-order chi connectivity index (χ0) is 13.6. The summed E-state index contributed by atoms with van der Waals surface area (Å²) in [4.78, 5) is 14.3. The van der Waals surface area contributed by atoms with Crippen molar-refractivity contribution in [3.63, 3.8) is 0 Å². The smallest absolute Gasteiger partial charge is 0.240 e. The van der Waals surface area contributed by atoms with Crippen LogP contribution in [0.15, 0.2) is 0 Å². The van der Waals surface area contributed by atoms with Crippen molar-refractivity contribution in [2.24, 2.45) is 5.41 Å². The van der Waals surface area contributed by atoms with E-state index in [1.165, 1.54) is 0 Å². The molecule has 18 heavy (non-hydrogen) atoms. The second-order valence-electron chi connectivity index (χ2n) is 5.58. The Hall–Kier alpha value is -1.08. The number of carbonyl (C=O) groups is 1. The minimum Gasteiger partial charge on any atom is -0.353 e. The number of hydrogen-bond acceptors (Lipinski definition) is 3. The summed E-state index contributed by atoms with van der Waals surface area (Å²) in [7, 11) is 2.04. The Morgan fingerprint density at radius 2 is 2.00 bits per heavy atom. The van der Waals surface area contributed by atoms with Crippen LogP contribution in [0.3, 0.4) is 0 Å². The van der Waals surface area contributed by atoms with E-state index in [4.69, 9.17) is 0 Å². The quantitative estimate of drug-likeness (QED) is 0.812. The van der Waals surface area contributed by atoms with Crippen molar-refractivity contribution in [1.82, 2.24) is 10.2 Å². The first-order chi connectivity index (χ1) is 8.52. The summed E-state index contributed by atoms with van der Waals surface area (Å²) in [6, 6.07) is 2.73. The van der Waals surface area contributed by atoms with Crippen LogP contribution in [0, 0.1) is 16.7 Å². The maximum absolute atomic E-state index is 12.2. The first-order valence-corrected chi connectivity index (χ1v) is 6.91. The van der Waals surface area contributed by atoms with E-state index in [-0.39, 0.29) is 5.91 Å². The first-order valence-electron chi connectivity index (χ1n) is 6.91. The van der Waals surface area contributed by atoms with E-state index >= 15 is 0 Å². The lowest BCUT2D eigenvalue weighted by Crippen LogP contribution is -2.44. The summed E-state index contributed by atoms with van der Waals surface area (Å²) in [5, 5.41) is 12.2. The van der Waals surface area contributed by atoms with Crippen LogP contribution < -0.4 is 5.32 Å². The van der Waals surface area contributed by atoms with Gasteiger partial charge in [0, 0.05) is 19.1 Å². The predicted molar refractivity (Wildman–Crippen MR) is 71.9 cm³/mol. The number of carbonyl (C=O) groups excluding carboxylic acids is 1. The van der Waals surface area contributed by atoms with Gasteiger partial charge in [-0.3, -0.25) is 4.79 Å². The summed E-state index contributed by atoms with van der Waals surface area (Å²) in [6.07, 6.45) is 4.57. The third-order valence-electron chi connectivity index (χ3n) is 3.99. The van der Waals surface area contributed by atoms with Crippen LogP contribution in [0.4, 0.5) is 0 Å². The molecule has 4 heteroatoms. The van der Waals surface area contributed by atoms with Crippen molar-refractivity contribution in [1.29, 1.82) is 5.26 Å². The number of nitrogens with zero attached hydrogens (tertiary/aromatic N) is 2. The van der Waals surface area contributed by atoms with Crippen LogP contribution in [0.1, 0.15) is 46.0 Å². The van der Waals surface area contributed by atoms with Gasteiger partial charge in [-0.1, -0.05) is 19.3 Å². The number of amides is 1. The van der Waals surface area contributed by atoms with Crippen molar-refractivity contribution in [3.05, 3.63) is 0 Å². The van der Waals surface area contributed by atoms with Gasteiger partial charge in [-0.05, 0) is 33.7 Å². The maximum Gasteiger partial charge on any atom is 0.240 e. The molecule has 1 rings (SSSR count). The van der Waals surface area contributed by atoms with Gasteiger partial charge in [0.25, 0.3) is 0 Å². The Morgan fingerprint density at radius 3 is 2.50 bits per heavy atom. The second-order valence-corrected chi connectivity index (χ2v) is 5.58. The van der Waals surface area contributed by atoms with E-state index < -0.39 is 5.41 Å². The van der Waals surface area contributed by atoms with Crippen LogP contribution in [-0.4, -0.2) is 37.0 Å². The molecular weight excluding hydrogens is 226 g/mol. The van der Waals surface area contributed by atoms with Crippen LogP contribution in [-0.2, 0) is 4.79 Å². The Labute approximate surface area is 110 Å².